The molecule has 2 aromatic rings. The third-order valence-electron chi connectivity index (χ3n) is 5.35. The first-order valence-electron chi connectivity index (χ1n) is 10.4. The standard InChI is InChI=1S/C25H26ClNO7/c1-5-10-34-16-8-6-7-15(12-16)22-21(24(29)25(30)27(22)9-11-31-2)23(28)17-13-18(26)20(33-4)14-19(17)32-3/h5-8,12-14,22,28H,1,9-11H2,2-4H3/b23-21+. The van der Waals surface area contributed by atoms with Crippen LogP contribution in [0.3, 0.4) is 0 Å². The molecule has 180 valence electrons. The largest absolute Gasteiger partial charge is 0.507 e. The van der Waals surface area contributed by atoms with Crippen LogP contribution in [0, 0.1) is 0 Å². The number of methoxy groups -OCH3 is 3. The lowest BCUT2D eigenvalue weighted by atomic mass is 9.94. The Labute approximate surface area is 202 Å². The summed E-state index contributed by atoms with van der Waals surface area (Å²) < 4.78 is 21.4. The summed E-state index contributed by atoms with van der Waals surface area (Å²) in [4.78, 5) is 27.5. The van der Waals surface area contributed by atoms with Gasteiger partial charge in [-0.25, -0.2) is 0 Å². The SMILES string of the molecule is C=CCOc1cccc(C2/C(=C(\O)c3cc(Cl)c(OC)cc3OC)C(=O)C(=O)N2CCOC)c1. The number of amides is 1. The third-order valence-corrected chi connectivity index (χ3v) is 5.64. The molecule has 1 amide bonds. The maximum absolute atomic E-state index is 13.1. The number of carbonyl (C=O) groups is 2. The van der Waals surface area contributed by atoms with E-state index in [-0.39, 0.29) is 41.7 Å². The van der Waals surface area contributed by atoms with Gasteiger partial charge in [0.2, 0.25) is 0 Å². The molecule has 0 aliphatic carbocycles. The molecular weight excluding hydrogens is 462 g/mol. The highest BCUT2D eigenvalue weighted by atomic mass is 35.5. The molecule has 1 unspecified atom stereocenters. The van der Waals surface area contributed by atoms with Crippen LogP contribution in [-0.2, 0) is 14.3 Å². The number of nitrogens with zero attached hydrogens (tertiary/aromatic N) is 1. The van der Waals surface area contributed by atoms with E-state index in [0.29, 0.717) is 17.1 Å². The predicted octanol–water partition coefficient (Wildman–Crippen LogP) is 3.99. The molecule has 0 aromatic heterocycles. The second-order valence-electron chi connectivity index (χ2n) is 7.34. The van der Waals surface area contributed by atoms with E-state index in [1.165, 1.54) is 38.4 Å². The van der Waals surface area contributed by atoms with E-state index in [9.17, 15) is 14.7 Å². The summed E-state index contributed by atoms with van der Waals surface area (Å²) in [6.07, 6.45) is 1.61. The van der Waals surface area contributed by atoms with Gasteiger partial charge < -0.3 is 29.0 Å². The molecular formula is C25H26ClNO7. The number of likely N-dealkylation sites (tertiary alicyclic amines) is 1. The molecule has 1 saturated heterocycles. The highest BCUT2D eigenvalue weighted by Crippen LogP contribution is 2.43. The molecule has 1 N–H and O–H groups in total. The molecule has 1 aliphatic heterocycles. The number of halogens is 1. The van der Waals surface area contributed by atoms with Crippen molar-refractivity contribution in [1.29, 1.82) is 0 Å². The number of carbonyl (C=O) groups excluding carboxylic acids is 2. The summed E-state index contributed by atoms with van der Waals surface area (Å²) in [7, 11) is 4.36. The van der Waals surface area contributed by atoms with E-state index >= 15 is 0 Å². The number of aliphatic hydroxyl groups excluding tert-OH is 1. The topological polar surface area (TPSA) is 94.5 Å². The van der Waals surface area contributed by atoms with Crippen LogP contribution in [0.5, 0.6) is 17.2 Å². The average molecular weight is 488 g/mol. The molecule has 3 rings (SSSR count). The third kappa shape index (κ3) is 4.88. The van der Waals surface area contributed by atoms with Gasteiger partial charge in [-0.15, -0.1) is 0 Å². The predicted molar refractivity (Wildman–Crippen MR) is 128 cm³/mol. The van der Waals surface area contributed by atoms with Crippen molar-refractivity contribution in [3.8, 4) is 17.2 Å². The molecule has 0 radical (unpaired) electrons. The Hall–Kier alpha value is -3.49. The summed E-state index contributed by atoms with van der Waals surface area (Å²) in [6, 6.07) is 9.01. The Morgan fingerprint density at radius 2 is 1.88 bits per heavy atom. The lowest BCUT2D eigenvalue weighted by Gasteiger charge is -2.25. The highest BCUT2D eigenvalue weighted by molar-refractivity contribution is 6.46. The number of rotatable bonds is 10. The fourth-order valence-electron chi connectivity index (χ4n) is 3.77. The molecule has 1 aliphatic rings. The minimum atomic E-state index is -0.881. The number of aliphatic hydroxyl groups is 1. The van der Waals surface area contributed by atoms with E-state index in [2.05, 4.69) is 6.58 Å². The van der Waals surface area contributed by atoms with Crippen molar-refractivity contribution in [3.05, 3.63) is 70.8 Å². The Balaban J connectivity index is 2.22. The Morgan fingerprint density at radius 3 is 2.53 bits per heavy atom. The lowest BCUT2D eigenvalue weighted by Crippen LogP contribution is -2.32. The number of Topliss-reactive ketones (excluding diaryl/α,β-unsaturated/α-hetero) is 1. The summed E-state index contributed by atoms with van der Waals surface area (Å²) in [5.74, 6) is -0.908. The van der Waals surface area contributed by atoms with Crippen molar-refractivity contribution in [1.82, 2.24) is 4.90 Å². The van der Waals surface area contributed by atoms with Crippen molar-refractivity contribution >= 4 is 29.1 Å². The molecule has 2 aromatic carbocycles. The van der Waals surface area contributed by atoms with Crippen LogP contribution in [-0.4, -0.2) is 62.8 Å². The lowest BCUT2D eigenvalue weighted by molar-refractivity contribution is -0.140. The monoisotopic (exact) mass is 487 g/mol. The van der Waals surface area contributed by atoms with E-state index < -0.39 is 23.5 Å². The van der Waals surface area contributed by atoms with Gasteiger partial charge in [0.1, 0.15) is 29.6 Å². The summed E-state index contributed by atoms with van der Waals surface area (Å²) in [5, 5.41) is 11.5. The average Bonchev–Trinajstić information content (AvgIpc) is 3.10. The van der Waals surface area contributed by atoms with Crippen molar-refractivity contribution in [2.75, 3.05) is 41.1 Å². The van der Waals surface area contributed by atoms with Gasteiger partial charge in [-0.2, -0.15) is 0 Å². The van der Waals surface area contributed by atoms with Gasteiger partial charge in [-0.05, 0) is 23.8 Å². The minimum Gasteiger partial charge on any atom is -0.507 e. The van der Waals surface area contributed by atoms with Crippen LogP contribution < -0.4 is 14.2 Å². The fraction of sp³-hybridized carbons (Fsp3) is 0.280. The van der Waals surface area contributed by atoms with Gasteiger partial charge in [0, 0.05) is 19.7 Å². The molecule has 1 atom stereocenters. The molecule has 1 heterocycles. The molecule has 8 nitrogen and oxygen atoms in total. The van der Waals surface area contributed by atoms with E-state index in [1.54, 1.807) is 30.3 Å². The second kappa shape index (κ2) is 11.1. The smallest absolute Gasteiger partial charge is 0.295 e. The first-order chi connectivity index (χ1) is 16.4. The Kier molecular flexibility index (Phi) is 8.20. The zero-order valence-corrected chi connectivity index (χ0v) is 19.9. The van der Waals surface area contributed by atoms with Crippen molar-refractivity contribution in [3.63, 3.8) is 0 Å². The van der Waals surface area contributed by atoms with Crippen LogP contribution in [0.15, 0.2) is 54.6 Å². The molecule has 9 heteroatoms. The molecule has 34 heavy (non-hydrogen) atoms. The molecule has 0 spiro atoms. The van der Waals surface area contributed by atoms with Crippen molar-refractivity contribution in [2.24, 2.45) is 0 Å². The molecule has 0 bridgehead atoms. The number of ketones is 1. The first-order valence-corrected chi connectivity index (χ1v) is 10.8. The van der Waals surface area contributed by atoms with Gasteiger partial charge in [0.15, 0.2) is 0 Å². The Bertz CT molecular complexity index is 1130. The summed E-state index contributed by atoms with van der Waals surface area (Å²) in [5.41, 5.74) is 0.639. The quantitative estimate of drug-likeness (QED) is 0.234. The van der Waals surface area contributed by atoms with E-state index in [4.69, 9.17) is 30.5 Å². The maximum Gasteiger partial charge on any atom is 0.295 e. The number of hydrogen-bond acceptors (Lipinski definition) is 7. The molecule has 0 saturated carbocycles. The van der Waals surface area contributed by atoms with Gasteiger partial charge in [0.25, 0.3) is 11.7 Å². The second-order valence-corrected chi connectivity index (χ2v) is 7.75. The first kappa shape index (κ1) is 25.1. The zero-order valence-electron chi connectivity index (χ0n) is 19.2. The van der Waals surface area contributed by atoms with Crippen molar-refractivity contribution in [2.45, 2.75) is 6.04 Å². The number of benzene rings is 2. The molecule has 1 fully saturated rings. The minimum absolute atomic E-state index is 0.0958. The fourth-order valence-corrected chi connectivity index (χ4v) is 4.01. The van der Waals surface area contributed by atoms with Crippen LogP contribution in [0.2, 0.25) is 5.02 Å². The maximum atomic E-state index is 13.1. The summed E-state index contributed by atoms with van der Waals surface area (Å²) in [6.45, 7) is 4.27. The number of hydrogen-bond donors (Lipinski definition) is 1. The highest BCUT2D eigenvalue weighted by Gasteiger charge is 2.46. The van der Waals surface area contributed by atoms with Crippen LogP contribution in [0.1, 0.15) is 17.2 Å². The van der Waals surface area contributed by atoms with Gasteiger partial charge in [0.05, 0.1) is 43.0 Å². The van der Waals surface area contributed by atoms with Gasteiger partial charge in [-0.3, -0.25) is 9.59 Å². The van der Waals surface area contributed by atoms with Crippen molar-refractivity contribution < 1.29 is 33.6 Å². The Morgan fingerprint density at radius 1 is 1.15 bits per heavy atom. The van der Waals surface area contributed by atoms with E-state index in [0.717, 1.165) is 0 Å². The van der Waals surface area contributed by atoms with Gasteiger partial charge in [-0.1, -0.05) is 36.4 Å². The van der Waals surface area contributed by atoms with Crippen LogP contribution in [0.25, 0.3) is 5.76 Å². The van der Waals surface area contributed by atoms with E-state index in [1.807, 2.05) is 0 Å². The van der Waals surface area contributed by atoms with Crippen LogP contribution in [0.4, 0.5) is 0 Å². The number of ether oxygens (including phenoxy) is 4. The normalized spacial score (nSPS) is 17.1. The van der Waals surface area contributed by atoms with Gasteiger partial charge >= 0.3 is 0 Å². The van der Waals surface area contributed by atoms with Crippen LogP contribution >= 0.6 is 11.6 Å². The zero-order chi connectivity index (χ0) is 24.8. The summed E-state index contributed by atoms with van der Waals surface area (Å²) >= 11 is 6.28.